The molecule has 2 aromatic rings. The molecule has 0 fully saturated rings. The fourth-order valence-corrected chi connectivity index (χ4v) is 1.55. The van der Waals surface area contributed by atoms with Gasteiger partial charge in [-0.05, 0) is 6.92 Å². The van der Waals surface area contributed by atoms with Gasteiger partial charge in [0.2, 0.25) is 0 Å². The molecule has 2 rings (SSSR count). The molecular weight excluding hydrogens is 194 g/mol. The molecule has 1 aromatic carbocycles. The van der Waals surface area contributed by atoms with Crippen LogP contribution in [-0.2, 0) is 0 Å². The maximum absolute atomic E-state index is 5.29. The molecule has 0 aliphatic heterocycles. The van der Waals surface area contributed by atoms with E-state index < -0.39 is 0 Å². The first-order chi connectivity index (χ1) is 6.79. The van der Waals surface area contributed by atoms with E-state index in [1.807, 2.05) is 37.3 Å². The second kappa shape index (κ2) is 3.88. The molecule has 0 aliphatic rings. The van der Waals surface area contributed by atoms with Crippen LogP contribution in [0.15, 0.2) is 41.1 Å². The lowest BCUT2D eigenvalue weighted by atomic mass is 10.1. The van der Waals surface area contributed by atoms with E-state index in [0.29, 0.717) is 0 Å². The molecule has 0 radical (unpaired) electrons. The van der Waals surface area contributed by atoms with E-state index in [0.717, 1.165) is 17.0 Å². The summed E-state index contributed by atoms with van der Waals surface area (Å²) < 4.78 is 5.29. The minimum Gasteiger partial charge on any atom is -0.447 e. The highest BCUT2D eigenvalue weighted by Gasteiger charge is 2.13. The molecule has 3 heteroatoms. The van der Waals surface area contributed by atoms with Crippen LogP contribution in [0.4, 0.5) is 0 Å². The highest BCUT2D eigenvalue weighted by Crippen LogP contribution is 2.29. The summed E-state index contributed by atoms with van der Waals surface area (Å²) in [5.41, 5.74) is 1.95. The molecule has 0 saturated heterocycles. The van der Waals surface area contributed by atoms with Crippen LogP contribution in [0.1, 0.15) is 17.9 Å². The first kappa shape index (κ1) is 9.34. The van der Waals surface area contributed by atoms with Crippen molar-refractivity contribution in [1.29, 1.82) is 0 Å². The summed E-state index contributed by atoms with van der Waals surface area (Å²) in [6.45, 7) is 1.97. The third kappa shape index (κ3) is 1.68. The Morgan fingerprint density at radius 1 is 1.29 bits per heavy atom. The van der Waals surface area contributed by atoms with Crippen LogP contribution in [0.25, 0.3) is 11.3 Å². The zero-order chi connectivity index (χ0) is 9.97. The summed E-state index contributed by atoms with van der Waals surface area (Å²) in [6, 6.07) is 9.97. The second-order valence-corrected chi connectivity index (χ2v) is 3.88. The Morgan fingerprint density at radius 2 is 2.00 bits per heavy atom. The van der Waals surface area contributed by atoms with Gasteiger partial charge in [0, 0.05) is 5.56 Å². The number of rotatable bonds is 2. The molecule has 72 valence electrons. The van der Waals surface area contributed by atoms with E-state index in [4.69, 9.17) is 4.42 Å². The minimum absolute atomic E-state index is 0.0627. The highest BCUT2D eigenvalue weighted by molar-refractivity contribution is 7.80. The zero-order valence-electron chi connectivity index (χ0n) is 7.84. The molecule has 2 nitrogen and oxygen atoms in total. The molecule has 0 N–H and O–H groups in total. The smallest absolute Gasteiger partial charge is 0.181 e. The normalized spacial score (nSPS) is 12.7. The maximum Gasteiger partial charge on any atom is 0.181 e. The van der Waals surface area contributed by atoms with E-state index in [1.54, 1.807) is 0 Å². The van der Waals surface area contributed by atoms with Crippen LogP contribution in [0.2, 0.25) is 0 Å². The van der Waals surface area contributed by atoms with Gasteiger partial charge < -0.3 is 4.42 Å². The number of hydrogen-bond donors (Lipinski definition) is 1. The third-order valence-electron chi connectivity index (χ3n) is 2.02. The van der Waals surface area contributed by atoms with Gasteiger partial charge in [-0.3, -0.25) is 0 Å². The fraction of sp³-hybridized carbons (Fsp3) is 0.182. The third-order valence-corrected chi connectivity index (χ3v) is 2.26. The van der Waals surface area contributed by atoms with Gasteiger partial charge in [0.05, 0.1) is 5.25 Å². The van der Waals surface area contributed by atoms with Gasteiger partial charge in [0.25, 0.3) is 0 Å². The van der Waals surface area contributed by atoms with Crippen molar-refractivity contribution in [2.24, 2.45) is 0 Å². The Bertz CT molecular complexity index is 408. The second-order valence-electron chi connectivity index (χ2n) is 3.11. The molecular formula is C11H11NOS. The van der Waals surface area contributed by atoms with E-state index in [1.165, 1.54) is 6.39 Å². The molecule has 14 heavy (non-hydrogen) atoms. The predicted molar refractivity (Wildman–Crippen MR) is 59.3 cm³/mol. The average molecular weight is 205 g/mol. The number of benzene rings is 1. The monoisotopic (exact) mass is 205 g/mol. The maximum atomic E-state index is 5.29. The molecule has 0 amide bonds. The molecule has 0 aliphatic carbocycles. The van der Waals surface area contributed by atoms with Gasteiger partial charge >= 0.3 is 0 Å². The number of thiol groups is 1. The van der Waals surface area contributed by atoms with Crippen molar-refractivity contribution in [2.75, 3.05) is 0 Å². The quantitative estimate of drug-likeness (QED) is 0.761. The van der Waals surface area contributed by atoms with Gasteiger partial charge in [-0.25, -0.2) is 4.98 Å². The minimum atomic E-state index is 0.0627. The summed E-state index contributed by atoms with van der Waals surface area (Å²) in [5.74, 6) is 0.819. The van der Waals surface area contributed by atoms with Crippen LogP contribution < -0.4 is 0 Å². The highest BCUT2D eigenvalue weighted by atomic mass is 32.1. The van der Waals surface area contributed by atoms with E-state index >= 15 is 0 Å². The number of hydrogen-bond acceptors (Lipinski definition) is 3. The zero-order valence-corrected chi connectivity index (χ0v) is 8.74. The van der Waals surface area contributed by atoms with Gasteiger partial charge in [-0.1, -0.05) is 30.3 Å². The van der Waals surface area contributed by atoms with E-state index in [9.17, 15) is 0 Å². The topological polar surface area (TPSA) is 26.0 Å². The lowest BCUT2D eigenvalue weighted by Gasteiger charge is -2.02. The van der Waals surface area contributed by atoms with Gasteiger partial charge in [-0.2, -0.15) is 12.6 Å². The Balaban J connectivity index is 2.47. The SMILES string of the molecule is CC(S)c1ocnc1-c1ccccc1. The van der Waals surface area contributed by atoms with Crippen molar-refractivity contribution in [3.05, 3.63) is 42.5 Å². The Labute approximate surface area is 88.4 Å². The van der Waals surface area contributed by atoms with Crippen LogP contribution in [0.5, 0.6) is 0 Å². The standard InChI is InChI=1S/C11H11NOS/c1-8(14)11-10(12-7-13-11)9-5-3-2-4-6-9/h2-8,14H,1H3. The molecule has 1 unspecified atom stereocenters. The van der Waals surface area contributed by atoms with E-state index in [2.05, 4.69) is 17.6 Å². The van der Waals surface area contributed by atoms with Crippen LogP contribution in [0.3, 0.4) is 0 Å². The van der Waals surface area contributed by atoms with Gasteiger partial charge in [0.15, 0.2) is 6.39 Å². The number of nitrogens with zero attached hydrogens (tertiary/aromatic N) is 1. The van der Waals surface area contributed by atoms with Crippen molar-refractivity contribution in [3.63, 3.8) is 0 Å². The molecule has 1 atom stereocenters. The van der Waals surface area contributed by atoms with Crippen LogP contribution in [0, 0.1) is 0 Å². The Kier molecular flexibility index (Phi) is 2.59. The number of aromatic nitrogens is 1. The summed E-state index contributed by atoms with van der Waals surface area (Å²) in [4.78, 5) is 4.19. The predicted octanol–water partition coefficient (Wildman–Crippen LogP) is 3.33. The Morgan fingerprint density at radius 3 is 2.64 bits per heavy atom. The molecule has 0 bridgehead atoms. The van der Waals surface area contributed by atoms with Crippen molar-refractivity contribution >= 4 is 12.6 Å². The number of oxazole rings is 1. The molecule has 1 aromatic heterocycles. The summed E-state index contributed by atoms with van der Waals surface area (Å²) in [6.07, 6.45) is 1.46. The lowest BCUT2D eigenvalue weighted by molar-refractivity contribution is 0.508. The molecule has 0 saturated carbocycles. The molecule has 0 spiro atoms. The first-order valence-corrected chi connectivity index (χ1v) is 4.97. The van der Waals surface area contributed by atoms with Crippen molar-refractivity contribution < 1.29 is 4.42 Å². The van der Waals surface area contributed by atoms with Gasteiger partial charge in [-0.15, -0.1) is 0 Å². The summed E-state index contributed by atoms with van der Waals surface area (Å²) in [7, 11) is 0. The lowest BCUT2D eigenvalue weighted by Crippen LogP contribution is -1.86. The fourth-order valence-electron chi connectivity index (χ4n) is 1.36. The molecule has 1 heterocycles. The van der Waals surface area contributed by atoms with Gasteiger partial charge in [0.1, 0.15) is 11.5 Å². The van der Waals surface area contributed by atoms with Crippen molar-refractivity contribution in [1.82, 2.24) is 4.98 Å². The summed E-state index contributed by atoms with van der Waals surface area (Å²) >= 11 is 4.34. The van der Waals surface area contributed by atoms with Crippen molar-refractivity contribution in [2.45, 2.75) is 12.2 Å². The van der Waals surface area contributed by atoms with Crippen molar-refractivity contribution in [3.8, 4) is 11.3 Å². The van der Waals surface area contributed by atoms with Crippen LogP contribution >= 0.6 is 12.6 Å². The largest absolute Gasteiger partial charge is 0.447 e. The van der Waals surface area contributed by atoms with E-state index in [-0.39, 0.29) is 5.25 Å². The Hall–Kier alpha value is -1.22. The van der Waals surface area contributed by atoms with Crippen LogP contribution in [-0.4, -0.2) is 4.98 Å². The average Bonchev–Trinajstić information content (AvgIpc) is 2.67. The first-order valence-electron chi connectivity index (χ1n) is 4.46. The summed E-state index contributed by atoms with van der Waals surface area (Å²) in [5, 5.41) is 0.0627.